The Balaban J connectivity index is 1.19. The van der Waals surface area contributed by atoms with Gasteiger partial charge >= 0.3 is 17.6 Å². The van der Waals surface area contributed by atoms with Gasteiger partial charge in [0.2, 0.25) is 29.6 Å². The highest BCUT2D eigenvalue weighted by molar-refractivity contribution is 8.01. The van der Waals surface area contributed by atoms with Crippen molar-refractivity contribution < 1.29 is 47.8 Å². The summed E-state index contributed by atoms with van der Waals surface area (Å²) in [5.74, 6) is -1.47. The lowest BCUT2D eigenvalue weighted by molar-refractivity contribution is -0.157. The molecule has 5 rings (SSSR count). The second kappa shape index (κ2) is 49.7. The molecule has 1 saturated carbocycles. The summed E-state index contributed by atoms with van der Waals surface area (Å²) in [6.07, 6.45) is 35.8. The number of aromatic nitrogens is 4. The molecule has 2 aromatic heterocycles. The molecule has 4 amide bonds. The number of rotatable bonds is 57. The number of aromatic amines is 1. The molecule has 0 bridgehead atoms. The van der Waals surface area contributed by atoms with E-state index in [2.05, 4.69) is 50.1 Å². The third kappa shape index (κ3) is 33.2. The Bertz CT molecular complexity index is 2940. The molecule has 0 radical (unpaired) electrons. The molecule has 21 nitrogen and oxygen atoms in total. The minimum atomic E-state index is -0.939. The van der Waals surface area contributed by atoms with Gasteiger partial charge in [0.05, 0.1) is 29.6 Å². The lowest BCUT2D eigenvalue weighted by Crippen LogP contribution is -2.47. The number of nitrogens with zero attached hydrogens (tertiary/aromatic N) is 4. The standard InChI is InChI=1S/C76H124N10O11S2/c1-6-9-11-13-15-17-19-21-23-25-27-29-31-36-68(91)96-52-61(97-69(92)37-32-30-28-26-24-22-20-18-16-14-12-10-7-2)53-98-54-63(64(88)48-57-38-40-58(41-39-57)51-86-72-70(82-76(86)95)71(77)83-75(84-72)80-46-8-3)81-73(93)60-44-42-59(43-45-60)50-85-67(90)49-65(74(85)94)99-55-66(89)79-47-34-33-35-62(78-5)56(4)87/h38-41,59-63,65,78H,6-37,42-55H2,1-5H3,(H,79,89)(H,81,93)(H,82,95)(H3,77,80,83,84). The Labute approximate surface area is 599 Å². The van der Waals surface area contributed by atoms with E-state index < -0.39 is 29.0 Å². The van der Waals surface area contributed by atoms with Gasteiger partial charge in [-0.3, -0.25) is 47.8 Å². The molecule has 7 N–H and O–H groups in total. The Kier molecular flexibility index (Phi) is 42.1. The van der Waals surface area contributed by atoms with Crippen molar-refractivity contribution in [1.82, 2.24) is 40.4 Å². The molecule has 556 valence electrons. The van der Waals surface area contributed by atoms with E-state index in [0.29, 0.717) is 80.7 Å². The molecule has 2 aliphatic rings. The first-order valence-corrected chi connectivity index (χ1v) is 40.5. The number of esters is 2. The number of H-pyrrole nitrogens is 1. The number of nitrogens with two attached hydrogens (primary N) is 1. The zero-order valence-corrected chi connectivity index (χ0v) is 62.6. The number of Topliss-reactive ketones (excluding diaryl/α,β-unsaturated/α-hetero) is 2. The van der Waals surface area contributed by atoms with Crippen LogP contribution in [0.25, 0.3) is 11.2 Å². The summed E-state index contributed by atoms with van der Waals surface area (Å²) in [6.45, 7) is 9.43. The number of fused-ring (bicyclic) bond motifs is 1. The summed E-state index contributed by atoms with van der Waals surface area (Å²) in [7, 11) is 1.75. The zero-order chi connectivity index (χ0) is 71.4. The number of likely N-dealkylation sites (N-methyl/N-ethyl adjacent to an activating group) is 1. The molecule has 0 spiro atoms. The van der Waals surface area contributed by atoms with Gasteiger partial charge < -0.3 is 41.5 Å². The van der Waals surface area contributed by atoms with E-state index in [-0.39, 0.29) is 128 Å². The average Bonchev–Trinajstić information content (AvgIpc) is 1.65. The van der Waals surface area contributed by atoms with Crippen LogP contribution in [0.3, 0.4) is 0 Å². The topological polar surface area (TPSA) is 296 Å². The van der Waals surface area contributed by atoms with Crippen LogP contribution in [0.5, 0.6) is 0 Å². The second-order valence-electron chi connectivity index (χ2n) is 27.8. The maximum absolute atomic E-state index is 14.6. The summed E-state index contributed by atoms with van der Waals surface area (Å²) in [4.78, 5) is 133. The lowest BCUT2D eigenvalue weighted by atomic mass is 9.81. The number of nitrogens with one attached hydrogen (secondary N) is 5. The van der Waals surface area contributed by atoms with Crippen LogP contribution in [0, 0.1) is 11.8 Å². The van der Waals surface area contributed by atoms with Crippen molar-refractivity contribution >= 4 is 93.6 Å². The van der Waals surface area contributed by atoms with Crippen LogP contribution in [0.15, 0.2) is 29.1 Å². The van der Waals surface area contributed by atoms with Gasteiger partial charge in [-0.15, -0.1) is 11.8 Å². The molecular weight excluding hydrogens is 1290 g/mol. The fourth-order valence-electron chi connectivity index (χ4n) is 13.1. The number of carbonyl (C=O) groups is 8. The monoisotopic (exact) mass is 1420 g/mol. The molecule has 4 unspecified atom stereocenters. The zero-order valence-electron chi connectivity index (χ0n) is 61.0. The van der Waals surface area contributed by atoms with Gasteiger partial charge in [0.15, 0.2) is 17.2 Å². The molecular formula is C76H124N10O11S2. The van der Waals surface area contributed by atoms with Crippen molar-refractivity contribution in [2.45, 2.75) is 302 Å². The normalized spacial score (nSPS) is 16.4. The summed E-state index contributed by atoms with van der Waals surface area (Å²) in [5.41, 5.74) is 8.00. The van der Waals surface area contributed by atoms with Gasteiger partial charge in [-0.05, 0) is 95.2 Å². The van der Waals surface area contributed by atoms with Crippen LogP contribution in [-0.2, 0) is 60.8 Å². The van der Waals surface area contributed by atoms with Crippen LogP contribution >= 0.6 is 23.5 Å². The van der Waals surface area contributed by atoms with Crippen LogP contribution in [0.1, 0.15) is 276 Å². The van der Waals surface area contributed by atoms with Crippen molar-refractivity contribution in [3.63, 3.8) is 0 Å². The molecule has 99 heavy (non-hydrogen) atoms. The first-order valence-electron chi connectivity index (χ1n) is 38.3. The Hall–Kier alpha value is -5.81. The summed E-state index contributed by atoms with van der Waals surface area (Å²) >= 11 is 2.52. The maximum atomic E-state index is 14.6. The highest BCUT2D eigenvalue weighted by atomic mass is 32.2. The number of thioether (sulfide) groups is 2. The summed E-state index contributed by atoms with van der Waals surface area (Å²) < 4.78 is 13.4. The molecule has 3 heterocycles. The molecule has 1 aromatic carbocycles. The number of imide groups is 1. The largest absolute Gasteiger partial charge is 0.462 e. The first-order chi connectivity index (χ1) is 48.0. The van der Waals surface area contributed by atoms with Crippen molar-refractivity contribution in [1.29, 1.82) is 0 Å². The van der Waals surface area contributed by atoms with E-state index in [1.807, 2.05) is 31.2 Å². The lowest BCUT2D eigenvalue weighted by Gasteiger charge is -2.31. The maximum Gasteiger partial charge on any atom is 0.328 e. The molecule has 2 fully saturated rings. The number of likely N-dealkylation sites (tertiary alicyclic amines) is 1. The number of ketones is 2. The number of benzene rings is 1. The van der Waals surface area contributed by atoms with Gasteiger partial charge in [-0.1, -0.05) is 199 Å². The minimum Gasteiger partial charge on any atom is -0.462 e. The number of carbonyl (C=O) groups excluding carboxylic acids is 8. The third-order valence-electron chi connectivity index (χ3n) is 19.3. The Morgan fingerprint density at radius 2 is 1.23 bits per heavy atom. The van der Waals surface area contributed by atoms with E-state index in [0.717, 1.165) is 63.4 Å². The molecule has 1 aliphatic heterocycles. The van der Waals surface area contributed by atoms with E-state index >= 15 is 0 Å². The minimum absolute atomic E-state index is 0.0152. The second-order valence-corrected chi connectivity index (χ2v) is 30.0. The van der Waals surface area contributed by atoms with E-state index in [1.165, 1.54) is 149 Å². The third-order valence-corrected chi connectivity index (χ3v) is 21.6. The van der Waals surface area contributed by atoms with Crippen LogP contribution in [-0.4, -0.2) is 146 Å². The number of amides is 4. The molecule has 1 saturated heterocycles. The number of hydrogen-bond acceptors (Lipinski definition) is 18. The quantitative estimate of drug-likeness (QED) is 0.0174. The predicted molar refractivity (Wildman–Crippen MR) is 400 cm³/mol. The van der Waals surface area contributed by atoms with E-state index in [1.54, 1.807) is 14.0 Å². The Morgan fingerprint density at radius 1 is 0.667 bits per heavy atom. The van der Waals surface area contributed by atoms with Gasteiger partial charge in [-0.25, -0.2) is 4.79 Å². The van der Waals surface area contributed by atoms with Crippen molar-refractivity contribution in [2.75, 3.05) is 61.6 Å². The van der Waals surface area contributed by atoms with Crippen molar-refractivity contribution in [3.05, 3.63) is 45.9 Å². The average molecular weight is 1420 g/mol. The smallest absolute Gasteiger partial charge is 0.328 e. The molecule has 23 heteroatoms. The van der Waals surface area contributed by atoms with Crippen LogP contribution < -0.4 is 32.7 Å². The van der Waals surface area contributed by atoms with Gasteiger partial charge in [0.25, 0.3) is 0 Å². The van der Waals surface area contributed by atoms with Gasteiger partial charge in [-0.2, -0.15) is 21.7 Å². The number of hydrogen-bond donors (Lipinski definition) is 6. The van der Waals surface area contributed by atoms with Crippen LogP contribution in [0.2, 0.25) is 0 Å². The van der Waals surface area contributed by atoms with E-state index in [4.69, 9.17) is 15.2 Å². The SMILES string of the molecule is CCCCCCCCCCCCCCCC(=O)OCC(CSCC(NC(=O)C1CCC(CN2C(=O)CC(SCC(=O)NCCCCC(NC)C(C)=O)C2=O)CC1)C(=O)Cc1ccc(Cn2c(=O)[nH]c3c(N)nc(NCCC)nc32)cc1)OC(=O)CCCCCCCCCCCCCCC. The fourth-order valence-corrected chi connectivity index (χ4v) is 15.2. The number of unbranched alkanes of at least 4 members (excludes halogenated alkanes) is 25. The number of nitrogen functional groups attached to an aromatic ring is 1. The number of ether oxygens (including phenoxy) is 2. The summed E-state index contributed by atoms with van der Waals surface area (Å²) in [6, 6.07) is 6.20. The fraction of sp³-hybridized carbons (Fsp3) is 0.750. The van der Waals surface area contributed by atoms with Crippen molar-refractivity contribution in [3.8, 4) is 0 Å². The molecule has 1 aliphatic carbocycles. The predicted octanol–water partition coefficient (Wildman–Crippen LogP) is 13.4. The Morgan fingerprint density at radius 3 is 1.80 bits per heavy atom. The molecule has 4 atom stereocenters. The first kappa shape index (κ1) is 83.8. The highest BCUT2D eigenvalue weighted by Gasteiger charge is 2.41. The van der Waals surface area contributed by atoms with Crippen molar-refractivity contribution in [2.24, 2.45) is 11.8 Å². The van der Waals surface area contributed by atoms with Gasteiger partial charge in [0.1, 0.15) is 24.0 Å². The van der Waals surface area contributed by atoms with Crippen LogP contribution in [0.4, 0.5) is 11.8 Å². The highest BCUT2D eigenvalue weighted by Crippen LogP contribution is 2.33. The number of anilines is 2. The number of imidazole rings is 1. The molecule has 3 aromatic rings. The summed E-state index contributed by atoms with van der Waals surface area (Å²) in [5, 5.41) is 11.5. The van der Waals surface area contributed by atoms with E-state index in [9.17, 15) is 43.2 Å². The van der Waals surface area contributed by atoms with Gasteiger partial charge in [0, 0.05) is 62.7 Å².